The summed E-state index contributed by atoms with van der Waals surface area (Å²) in [7, 11) is -3.70. The van der Waals surface area contributed by atoms with E-state index in [0.29, 0.717) is 16.9 Å². The van der Waals surface area contributed by atoms with Gasteiger partial charge >= 0.3 is 0 Å². The fourth-order valence-corrected chi connectivity index (χ4v) is 4.43. The monoisotopic (exact) mass is 357 g/mol. The lowest BCUT2D eigenvalue weighted by Crippen LogP contribution is -2.18. The van der Waals surface area contributed by atoms with Crippen molar-refractivity contribution in [3.05, 3.63) is 48.0 Å². The summed E-state index contributed by atoms with van der Waals surface area (Å²) in [5.74, 6) is -0.115. The number of hydrogen-bond acceptors (Lipinski definition) is 4. The van der Waals surface area contributed by atoms with Gasteiger partial charge in [0.1, 0.15) is 0 Å². The van der Waals surface area contributed by atoms with Gasteiger partial charge in [-0.05, 0) is 54.8 Å². The van der Waals surface area contributed by atoms with Crippen molar-refractivity contribution in [2.75, 3.05) is 28.0 Å². The topological polar surface area (TPSA) is 78.5 Å². The Kier molecular flexibility index (Phi) is 3.88. The molecule has 2 aliphatic heterocycles. The Hall–Kier alpha value is -2.54. The first-order valence-electron chi connectivity index (χ1n) is 8.32. The third kappa shape index (κ3) is 3.19. The van der Waals surface area contributed by atoms with Crippen molar-refractivity contribution >= 4 is 33.0 Å². The zero-order valence-corrected chi connectivity index (χ0v) is 14.5. The molecule has 25 heavy (non-hydrogen) atoms. The number of nitrogens with one attached hydrogen (secondary N) is 2. The molecule has 0 aliphatic carbocycles. The van der Waals surface area contributed by atoms with Crippen molar-refractivity contribution in [2.45, 2.75) is 24.2 Å². The highest BCUT2D eigenvalue weighted by Crippen LogP contribution is 2.28. The first-order valence-corrected chi connectivity index (χ1v) is 9.80. The van der Waals surface area contributed by atoms with Gasteiger partial charge in [0, 0.05) is 24.5 Å². The second kappa shape index (κ2) is 6.07. The predicted octanol–water partition coefficient (Wildman–Crippen LogP) is 2.58. The zero-order valence-electron chi connectivity index (χ0n) is 13.7. The van der Waals surface area contributed by atoms with Crippen LogP contribution in [0.1, 0.15) is 18.4 Å². The van der Waals surface area contributed by atoms with Crippen LogP contribution >= 0.6 is 0 Å². The molecule has 2 heterocycles. The van der Waals surface area contributed by atoms with E-state index in [1.165, 1.54) is 6.07 Å². The number of rotatable bonds is 4. The largest absolute Gasteiger partial charge is 0.371 e. The van der Waals surface area contributed by atoms with Crippen LogP contribution < -0.4 is 14.9 Å². The van der Waals surface area contributed by atoms with Crippen LogP contribution in [-0.2, 0) is 21.2 Å². The molecule has 130 valence electrons. The zero-order chi connectivity index (χ0) is 17.4. The van der Waals surface area contributed by atoms with Gasteiger partial charge in [0.25, 0.3) is 10.0 Å². The number of sulfonamides is 1. The van der Waals surface area contributed by atoms with Gasteiger partial charge in [-0.3, -0.25) is 9.52 Å². The van der Waals surface area contributed by atoms with Gasteiger partial charge in [-0.15, -0.1) is 0 Å². The number of hydrogen-bond donors (Lipinski definition) is 2. The molecule has 2 aliphatic rings. The molecule has 0 radical (unpaired) electrons. The first-order chi connectivity index (χ1) is 12.0. The maximum absolute atomic E-state index is 12.7. The van der Waals surface area contributed by atoms with Crippen LogP contribution in [0.5, 0.6) is 0 Å². The van der Waals surface area contributed by atoms with Gasteiger partial charge < -0.3 is 10.2 Å². The van der Waals surface area contributed by atoms with E-state index in [-0.39, 0.29) is 17.2 Å². The van der Waals surface area contributed by atoms with Crippen LogP contribution in [0.3, 0.4) is 0 Å². The summed E-state index contributed by atoms with van der Waals surface area (Å²) in [5, 5.41) is 2.70. The predicted molar refractivity (Wildman–Crippen MR) is 97.5 cm³/mol. The molecule has 0 unspecified atom stereocenters. The van der Waals surface area contributed by atoms with Gasteiger partial charge in [-0.2, -0.15) is 0 Å². The second-order valence-electron chi connectivity index (χ2n) is 6.39. The minimum Gasteiger partial charge on any atom is -0.371 e. The average Bonchev–Trinajstić information content (AvgIpc) is 3.22. The quantitative estimate of drug-likeness (QED) is 0.882. The third-order valence-corrected chi connectivity index (χ3v) is 5.96. The van der Waals surface area contributed by atoms with Crippen LogP contribution in [0.25, 0.3) is 0 Å². The van der Waals surface area contributed by atoms with E-state index >= 15 is 0 Å². The Morgan fingerprint density at radius 1 is 1.04 bits per heavy atom. The molecular weight excluding hydrogens is 338 g/mol. The summed E-state index contributed by atoms with van der Waals surface area (Å²) in [4.78, 5) is 13.9. The summed E-state index contributed by atoms with van der Waals surface area (Å²) in [6.45, 7) is 2.00. The lowest BCUT2D eigenvalue weighted by atomic mass is 10.2. The maximum Gasteiger partial charge on any atom is 0.261 e. The molecule has 0 aromatic heterocycles. The highest BCUT2D eigenvalue weighted by molar-refractivity contribution is 7.92. The van der Waals surface area contributed by atoms with E-state index in [2.05, 4.69) is 14.9 Å². The molecule has 0 bridgehead atoms. The van der Waals surface area contributed by atoms with Crippen LogP contribution in [0.15, 0.2) is 47.4 Å². The summed E-state index contributed by atoms with van der Waals surface area (Å²) < 4.78 is 28.0. The maximum atomic E-state index is 12.7. The average molecular weight is 357 g/mol. The van der Waals surface area contributed by atoms with Crippen LogP contribution in [0, 0.1) is 0 Å². The SMILES string of the molecule is O=C1Cc2cc(S(=O)(=O)Nc3cccc(N4CCCC4)c3)ccc2N1. The number of anilines is 3. The summed E-state index contributed by atoms with van der Waals surface area (Å²) >= 11 is 0. The minimum absolute atomic E-state index is 0.115. The molecule has 6 nitrogen and oxygen atoms in total. The number of fused-ring (bicyclic) bond motifs is 1. The number of carbonyl (C=O) groups is 1. The molecule has 2 aromatic rings. The van der Waals surface area contributed by atoms with Gasteiger partial charge in [-0.1, -0.05) is 6.07 Å². The molecule has 0 saturated carbocycles. The number of nitrogens with zero attached hydrogens (tertiary/aromatic N) is 1. The van der Waals surface area contributed by atoms with Gasteiger partial charge in [-0.25, -0.2) is 8.42 Å². The molecule has 1 saturated heterocycles. The molecular formula is C18H19N3O3S. The van der Waals surface area contributed by atoms with Crippen LogP contribution in [0.2, 0.25) is 0 Å². The lowest BCUT2D eigenvalue weighted by Gasteiger charge is -2.18. The highest BCUT2D eigenvalue weighted by atomic mass is 32.2. The number of amides is 1. The van der Waals surface area contributed by atoms with E-state index in [4.69, 9.17) is 0 Å². The van der Waals surface area contributed by atoms with E-state index in [0.717, 1.165) is 31.6 Å². The minimum atomic E-state index is -3.70. The van der Waals surface area contributed by atoms with Crippen LogP contribution in [-0.4, -0.2) is 27.4 Å². The molecule has 7 heteroatoms. The Morgan fingerprint density at radius 2 is 1.84 bits per heavy atom. The molecule has 1 amide bonds. The Labute approximate surface area is 146 Å². The van der Waals surface area contributed by atoms with Gasteiger partial charge in [0.2, 0.25) is 5.91 Å². The Balaban J connectivity index is 1.58. The fraction of sp³-hybridized carbons (Fsp3) is 0.278. The third-order valence-electron chi connectivity index (χ3n) is 4.58. The van der Waals surface area contributed by atoms with E-state index in [9.17, 15) is 13.2 Å². The van der Waals surface area contributed by atoms with E-state index in [1.54, 1.807) is 18.2 Å². The summed E-state index contributed by atoms with van der Waals surface area (Å²) in [6, 6.07) is 12.2. The van der Waals surface area contributed by atoms with Crippen molar-refractivity contribution in [1.29, 1.82) is 0 Å². The summed E-state index contributed by atoms with van der Waals surface area (Å²) in [5.41, 5.74) is 2.96. The van der Waals surface area contributed by atoms with Gasteiger partial charge in [0.05, 0.1) is 17.0 Å². The Bertz CT molecular complexity index is 934. The molecule has 2 N–H and O–H groups in total. The lowest BCUT2D eigenvalue weighted by molar-refractivity contribution is -0.115. The smallest absolute Gasteiger partial charge is 0.261 e. The second-order valence-corrected chi connectivity index (χ2v) is 8.08. The van der Waals surface area contributed by atoms with Crippen molar-refractivity contribution < 1.29 is 13.2 Å². The molecule has 0 atom stereocenters. The van der Waals surface area contributed by atoms with Crippen LogP contribution in [0.4, 0.5) is 17.1 Å². The fourth-order valence-electron chi connectivity index (χ4n) is 3.33. The summed E-state index contributed by atoms with van der Waals surface area (Å²) in [6.07, 6.45) is 2.54. The molecule has 2 aromatic carbocycles. The van der Waals surface area contributed by atoms with E-state index in [1.807, 2.05) is 18.2 Å². The molecule has 4 rings (SSSR count). The van der Waals surface area contributed by atoms with Crippen molar-refractivity contribution in [3.8, 4) is 0 Å². The number of benzene rings is 2. The Morgan fingerprint density at radius 3 is 2.64 bits per heavy atom. The molecule has 0 spiro atoms. The van der Waals surface area contributed by atoms with E-state index < -0.39 is 10.0 Å². The number of carbonyl (C=O) groups excluding carboxylic acids is 1. The molecule has 1 fully saturated rings. The van der Waals surface area contributed by atoms with Crippen molar-refractivity contribution in [3.63, 3.8) is 0 Å². The van der Waals surface area contributed by atoms with Crippen molar-refractivity contribution in [2.24, 2.45) is 0 Å². The van der Waals surface area contributed by atoms with Gasteiger partial charge in [0.15, 0.2) is 0 Å². The standard InChI is InChI=1S/C18H19N3O3S/c22-18-11-13-10-16(6-7-17(13)19-18)25(23,24)20-14-4-3-5-15(12-14)21-8-1-2-9-21/h3-7,10,12,20H,1-2,8-9,11H2,(H,19,22). The normalized spacial score (nSPS) is 16.6. The van der Waals surface area contributed by atoms with Crippen molar-refractivity contribution in [1.82, 2.24) is 0 Å². The highest BCUT2D eigenvalue weighted by Gasteiger charge is 2.22. The first kappa shape index (κ1) is 16.0.